The molecule has 1 nitrogen and oxygen atoms in total. The van der Waals surface area contributed by atoms with Gasteiger partial charge in [0.1, 0.15) is 5.82 Å². The molecule has 3 heteroatoms. The highest BCUT2D eigenvalue weighted by Gasteiger charge is 2.16. The van der Waals surface area contributed by atoms with Gasteiger partial charge < -0.3 is 0 Å². The molecule has 0 fully saturated rings. The van der Waals surface area contributed by atoms with Gasteiger partial charge in [0.25, 0.3) is 0 Å². The van der Waals surface area contributed by atoms with Crippen LogP contribution < -0.4 is 0 Å². The fourth-order valence-electron chi connectivity index (χ4n) is 2.28. The molecule has 0 aliphatic carbocycles. The Morgan fingerprint density at radius 1 is 1.00 bits per heavy atom. The van der Waals surface area contributed by atoms with Crippen LogP contribution in [-0.2, 0) is 0 Å². The van der Waals surface area contributed by atoms with Crippen molar-refractivity contribution in [3.8, 4) is 0 Å². The van der Waals surface area contributed by atoms with Crippen molar-refractivity contribution in [1.29, 1.82) is 0 Å². The van der Waals surface area contributed by atoms with E-state index >= 15 is 0 Å². The van der Waals surface area contributed by atoms with Crippen LogP contribution in [0.5, 0.6) is 0 Å². The van der Waals surface area contributed by atoms with Crippen molar-refractivity contribution >= 4 is 21.7 Å². The second-order valence-corrected chi connectivity index (χ2v) is 5.68. The fraction of sp³-hybridized carbons (Fsp3) is 0.188. The summed E-state index contributed by atoms with van der Waals surface area (Å²) in [5.41, 5.74) is 3.54. The molecule has 0 bridgehead atoms. The van der Waals surface area contributed by atoms with Gasteiger partial charge in [0.05, 0.1) is 0 Å². The van der Waals surface area contributed by atoms with E-state index in [9.17, 15) is 9.18 Å². The zero-order valence-electron chi connectivity index (χ0n) is 11.1. The fourth-order valence-corrected chi connectivity index (χ4v) is 2.89. The maximum Gasteiger partial charge on any atom is 0.193 e. The highest BCUT2D eigenvalue weighted by Crippen LogP contribution is 2.23. The first-order valence-corrected chi connectivity index (χ1v) is 6.76. The standard InChI is InChI=1S/C16H14BrFO/c1-9-4-12(8-13(17)5-9)16(19)15-10(2)6-14(18)7-11(15)3/h4-8H,1-3H3. The summed E-state index contributed by atoms with van der Waals surface area (Å²) in [6.45, 7) is 5.45. The van der Waals surface area contributed by atoms with Crippen LogP contribution in [0.3, 0.4) is 0 Å². The van der Waals surface area contributed by atoms with Crippen LogP contribution in [0.4, 0.5) is 4.39 Å². The van der Waals surface area contributed by atoms with Crippen molar-refractivity contribution in [3.05, 3.63) is 68.4 Å². The molecule has 0 saturated carbocycles. The molecule has 0 N–H and O–H groups in total. The number of hydrogen-bond acceptors (Lipinski definition) is 1. The first-order chi connectivity index (χ1) is 8.88. The number of carbonyl (C=O) groups is 1. The monoisotopic (exact) mass is 320 g/mol. The highest BCUT2D eigenvalue weighted by atomic mass is 79.9. The van der Waals surface area contributed by atoms with Crippen molar-refractivity contribution in [2.75, 3.05) is 0 Å². The zero-order valence-corrected chi connectivity index (χ0v) is 12.6. The molecule has 2 aromatic rings. The van der Waals surface area contributed by atoms with Gasteiger partial charge in [0.2, 0.25) is 0 Å². The van der Waals surface area contributed by atoms with Crippen molar-refractivity contribution in [1.82, 2.24) is 0 Å². The summed E-state index contributed by atoms with van der Waals surface area (Å²) in [4.78, 5) is 12.6. The number of ketones is 1. The molecule has 2 aromatic carbocycles. The molecule has 0 spiro atoms. The molecule has 0 atom stereocenters. The van der Waals surface area contributed by atoms with Gasteiger partial charge >= 0.3 is 0 Å². The smallest absolute Gasteiger partial charge is 0.193 e. The average Bonchev–Trinajstić information content (AvgIpc) is 2.25. The Morgan fingerprint density at radius 2 is 1.58 bits per heavy atom. The van der Waals surface area contributed by atoms with Gasteiger partial charge in [0.15, 0.2) is 5.78 Å². The number of halogens is 2. The topological polar surface area (TPSA) is 17.1 Å². The minimum Gasteiger partial charge on any atom is -0.289 e. The lowest BCUT2D eigenvalue weighted by Gasteiger charge is -2.10. The third kappa shape index (κ3) is 2.92. The first kappa shape index (κ1) is 13.9. The van der Waals surface area contributed by atoms with Crippen LogP contribution in [0.15, 0.2) is 34.8 Å². The van der Waals surface area contributed by atoms with Gasteiger partial charge in [-0.25, -0.2) is 4.39 Å². The van der Waals surface area contributed by atoms with Gasteiger partial charge in [-0.3, -0.25) is 4.79 Å². The van der Waals surface area contributed by atoms with E-state index in [1.54, 1.807) is 19.9 Å². The molecule has 98 valence electrons. The Balaban J connectivity index is 2.56. The molecule has 0 aliphatic heterocycles. The number of carbonyl (C=O) groups excluding carboxylic acids is 1. The van der Waals surface area contributed by atoms with Crippen molar-refractivity contribution < 1.29 is 9.18 Å². The van der Waals surface area contributed by atoms with E-state index < -0.39 is 0 Å². The Morgan fingerprint density at radius 3 is 2.11 bits per heavy atom. The Hall–Kier alpha value is -1.48. The maximum absolute atomic E-state index is 13.3. The SMILES string of the molecule is Cc1cc(Br)cc(C(=O)c2c(C)cc(F)cc2C)c1. The predicted octanol–water partition coefficient (Wildman–Crippen LogP) is 4.74. The lowest BCUT2D eigenvalue weighted by molar-refractivity contribution is 0.103. The highest BCUT2D eigenvalue weighted by molar-refractivity contribution is 9.10. The maximum atomic E-state index is 13.3. The van der Waals surface area contributed by atoms with Gasteiger partial charge in [0, 0.05) is 15.6 Å². The third-order valence-electron chi connectivity index (χ3n) is 3.03. The molecule has 0 aliphatic rings. The Kier molecular flexibility index (Phi) is 3.85. The van der Waals surface area contributed by atoms with Crippen LogP contribution in [0.1, 0.15) is 32.6 Å². The molecular formula is C16H14BrFO. The molecule has 0 saturated heterocycles. The molecule has 0 amide bonds. The van der Waals surface area contributed by atoms with E-state index in [0.29, 0.717) is 22.3 Å². The summed E-state index contributed by atoms with van der Waals surface area (Å²) < 4.78 is 14.2. The summed E-state index contributed by atoms with van der Waals surface area (Å²) >= 11 is 3.39. The number of rotatable bonds is 2. The Bertz CT molecular complexity index is 619. The second kappa shape index (κ2) is 5.25. The van der Waals surface area contributed by atoms with Crippen LogP contribution in [-0.4, -0.2) is 5.78 Å². The van der Waals surface area contributed by atoms with E-state index in [2.05, 4.69) is 15.9 Å². The van der Waals surface area contributed by atoms with E-state index in [1.807, 2.05) is 19.1 Å². The van der Waals surface area contributed by atoms with Crippen LogP contribution in [0.25, 0.3) is 0 Å². The van der Waals surface area contributed by atoms with E-state index in [0.717, 1.165) is 10.0 Å². The summed E-state index contributed by atoms with van der Waals surface area (Å²) in [7, 11) is 0. The van der Waals surface area contributed by atoms with Crippen molar-refractivity contribution in [2.45, 2.75) is 20.8 Å². The molecule has 2 rings (SSSR count). The zero-order chi connectivity index (χ0) is 14.2. The normalized spacial score (nSPS) is 10.6. The summed E-state index contributed by atoms with van der Waals surface area (Å²) in [6, 6.07) is 8.37. The van der Waals surface area contributed by atoms with Crippen molar-refractivity contribution in [3.63, 3.8) is 0 Å². The van der Waals surface area contributed by atoms with Gasteiger partial charge in [-0.2, -0.15) is 0 Å². The molecule has 0 unspecified atom stereocenters. The van der Waals surface area contributed by atoms with Gasteiger partial charge in [-0.15, -0.1) is 0 Å². The number of benzene rings is 2. The summed E-state index contributed by atoms with van der Waals surface area (Å²) in [6.07, 6.45) is 0. The van der Waals surface area contributed by atoms with E-state index in [4.69, 9.17) is 0 Å². The minimum absolute atomic E-state index is 0.0700. The molecule has 19 heavy (non-hydrogen) atoms. The number of hydrogen-bond donors (Lipinski definition) is 0. The quantitative estimate of drug-likeness (QED) is 0.730. The van der Waals surface area contributed by atoms with Gasteiger partial charge in [-0.05, 0) is 67.8 Å². The predicted molar refractivity (Wildman–Crippen MR) is 78.2 cm³/mol. The summed E-state index contributed by atoms with van der Waals surface area (Å²) in [5.74, 6) is -0.378. The lowest BCUT2D eigenvalue weighted by atomic mass is 9.94. The minimum atomic E-state index is -0.308. The van der Waals surface area contributed by atoms with E-state index in [1.165, 1.54) is 12.1 Å². The number of aryl methyl sites for hydroxylation is 3. The summed E-state index contributed by atoms with van der Waals surface area (Å²) in [5, 5.41) is 0. The first-order valence-electron chi connectivity index (χ1n) is 5.97. The largest absolute Gasteiger partial charge is 0.289 e. The molecule has 0 radical (unpaired) electrons. The molecule has 0 aromatic heterocycles. The average molecular weight is 321 g/mol. The van der Waals surface area contributed by atoms with Crippen molar-refractivity contribution in [2.24, 2.45) is 0 Å². The Labute approximate surface area is 120 Å². The van der Waals surface area contributed by atoms with Crippen LogP contribution in [0, 0.1) is 26.6 Å². The lowest BCUT2D eigenvalue weighted by Crippen LogP contribution is -2.07. The second-order valence-electron chi connectivity index (χ2n) is 4.76. The van der Waals surface area contributed by atoms with Gasteiger partial charge in [-0.1, -0.05) is 15.9 Å². The molecule has 0 heterocycles. The van der Waals surface area contributed by atoms with E-state index in [-0.39, 0.29) is 11.6 Å². The molecular weight excluding hydrogens is 307 g/mol. The van der Waals surface area contributed by atoms with Crippen LogP contribution in [0.2, 0.25) is 0 Å². The third-order valence-corrected chi connectivity index (χ3v) is 3.49. The van der Waals surface area contributed by atoms with Crippen LogP contribution >= 0.6 is 15.9 Å².